The van der Waals surface area contributed by atoms with E-state index in [2.05, 4.69) is 0 Å². The van der Waals surface area contributed by atoms with Crippen molar-refractivity contribution in [3.05, 3.63) is 0 Å². The fraction of sp³-hybridized carbons (Fsp3) is 0.917. The average molecular weight is 248 g/mol. The molecule has 0 aliphatic carbocycles. The Bertz CT molecular complexity index is 276. The van der Waals surface area contributed by atoms with Gasteiger partial charge in [0.2, 0.25) is 5.91 Å². The molecule has 3 nitrogen and oxygen atoms in total. The Balaban J connectivity index is 2.92. The molecule has 0 bridgehead atoms. The number of halogens is 2. The Hall–Kier alpha value is -0.710. The molecule has 1 fully saturated rings. The van der Waals surface area contributed by atoms with Crippen LogP contribution >= 0.6 is 0 Å². The third-order valence-electron chi connectivity index (χ3n) is 3.56. The summed E-state index contributed by atoms with van der Waals surface area (Å²) in [6.07, 6.45) is 2.49. The van der Waals surface area contributed by atoms with Crippen LogP contribution in [-0.2, 0) is 4.79 Å². The van der Waals surface area contributed by atoms with Crippen LogP contribution in [0.15, 0.2) is 0 Å². The zero-order valence-corrected chi connectivity index (χ0v) is 10.6. The van der Waals surface area contributed by atoms with Crippen molar-refractivity contribution in [1.29, 1.82) is 0 Å². The summed E-state index contributed by atoms with van der Waals surface area (Å²) >= 11 is 0. The molecule has 0 aromatic rings. The predicted molar refractivity (Wildman–Crippen MR) is 62.9 cm³/mol. The highest BCUT2D eigenvalue weighted by molar-refractivity contribution is 5.84. The first-order valence-electron chi connectivity index (χ1n) is 6.31. The van der Waals surface area contributed by atoms with Crippen LogP contribution in [0.5, 0.6) is 0 Å². The van der Waals surface area contributed by atoms with Gasteiger partial charge in [-0.3, -0.25) is 9.69 Å². The molecule has 0 atom stereocenters. The number of primary amides is 1. The van der Waals surface area contributed by atoms with Crippen LogP contribution in [0.4, 0.5) is 8.78 Å². The van der Waals surface area contributed by atoms with Gasteiger partial charge in [0, 0.05) is 13.0 Å². The molecule has 1 aliphatic heterocycles. The number of hydrogen-bond acceptors (Lipinski definition) is 2. The van der Waals surface area contributed by atoms with Crippen molar-refractivity contribution < 1.29 is 13.6 Å². The quantitative estimate of drug-likeness (QED) is 0.783. The number of alkyl halides is 2. The lowest BCUT2D eigenvalue weighted by Gasteiger charge is -2.39. The first-order chi connectivity index (χ1) is 7.88. The molecular weight excluding hydrogens is 226 g/mol. The fourth-order valence-corrected chi connectivity index (χ4v) is 2.77. The van der Waals surface area contributed by atoms with Crippen LogP contribution in [0.2, 0.25) is 0 Å². The number of amides is 1. The maximum atomic E-state index is 13.3. The van der Waals surface area contributed by atoms with E-state index in [-0.39, 0.29) is 19.5 Å². The molecule has 0 saturated carbocycles. The van der Waals surface area contributed by atoms with Gasteiger partial charge in [0.1, 0.15) is 5.54 Å². The summed E-state index contributed by atoms with van der Waals surface area (Å²) in [6, 6.07) is 0. The third kappa shape index (κ3) is 2.94. The molecule has 1 heterocycles. The smallest absolute Gasteiger partial charge is 0.261 e. The zero-order valence-electron chi connectivity index (χ0n) is 10.6. The number of carbonyl (C=O) groups excluding carboxylic acids is 1. The zero-order chi connectivity index (χ0) is 13.1. The van der Waals surface area contributed by atoms with E-state index in [4.69, 9.17) is 5.73 Å². The van der Waals surface area contributed by atoms with Crippen LogP contribution < -0.4 is 5.73 Å². The fourth-order valence-electron chi connectivity index (χ4n) is 2.77. The lowest BCUT2D eigenvalue weighted by atomic mass is 9.86. The predicted octanol–water partition coefficient (Wildman–Crippen LogP) is 2.15. The second-order valence-electron chi connectivity index (χ2n) is 4.92. The summed E-state index contributed by atoms with van der Waals surface area (Å²) in [6.45, 7) is 3.81. The summed E-state index contributed by atoms with van der Waals surface area (Å²) in [5, 5.41) is 0. The van der Waals surface area contributed by atoms with E-state index in [1.165, 1.54) is 0 Å². The van der Waals surface area contributed by atoms with Crippen LogP contribution in [-0.4, -0.2) is 35.4 Å². The Morgan fingerprint density at radius 3 is 2.18 bits per heavy atom. The van der Waals surface area contributed by atoms with Crippen LogP contribution in [0, 0.1) is 0 Å². The number of carbonyl (C=O) groups is 1. The minimum atomic E-state index is -2.68. The van der Waals surface area contributed by atoms with E-state index in [0.29, 0.717) is 12.8 Å². The summed E-state index contributed by atoms with van der Waals surface area (Å²) in [5.41, 5.74) is 4.62. The van der Waals surface area contributed by atoms with Crippen molar-refractivity contribution in [1.82, 2.24) is 4.90 Å². The van der Waals surface area contributed by atoms with Crippen LogP contribution in [0.1, 0.15) is 46.0 Å². The van der Waals surface area contributed by atoms with Gasteiger partial charge in [-0.25, -0.2) is 8.78 Å². The second kappa shape index (κ2) is 5.29. The van der Waals surface area contributed by atoms with Crippen molar-refractivity contribution >= 4 is 5.91 Å². The maximum absolute atomic E-state index is 13.3. The molecule has 0 radical (unpaired) electrons. The lowest BCUT2D eigenvalue weighted by molar-refractivity contribution is -0.131. The molecule has 0 aromatic heterocycles. The largest absolute Gasteiger partial charge is 0.368 e. The van der Waals surface area contributed by atoms with Crippen molar-refractivity contribution in [2.75, 3.05) is 13.1 Å². The standard InChI is InChI=1S/C12H22F2N2O/c1-3-5-11(6-4-2,10(15)17)16-8-7-12(13,14)9-16/h3-9H2,1-2H3,(H2,15,17). The SMILES string of the molecule is CCCC(CCC)(C(N)=O)N1CCC(F)(F)C1. The van der Waals surface area contributed by atoms with Gasteiger partial charge in [-0.2, -0.15) is 0 Å². The third-order valence-corrected chi connectivity index (χ3v) is 3.56. The lowest BCUT2D eigenvalue weighted by Crippen LogP contribution is -2.57. The molecular formula is C12H22F2N2O. The Morgan fingerprint density at radius 1 is 1.35 bits per heavy atom. The summed E-state index contributed by atoms with van der Waals surface area (Å²) < 4.78 is 26.6. The highest BCUT2D eigenvalue weighted by atomic mass is 19.3. The number of hydrogen-bond donors (Lipinski definition) is 1. The number of likely N-dealkylation sites (tertiary alicyclic amines) is 1. The van der Waals surface area contributed by atoms with Gasteiger partial charge in [0.15, 0.2) is 0 Å². The Labute approximate surface area is 101 Å². The first-order valence-corrected chi connectivity index (χ1v) is 6.31. The molecule has 0 spiro atoms. The van der Waals surface area contributed by atoms with Gasteiger partial charge in [-0.05, 0) is 12.8 Å². The van der Waals surface area contributed by atoms with Gasteiger partial charge in [0.25, 0.3) is 5.92 Å². The molecule has 2 N–H and O–H groups in total. The van der Waals surface area contributed by atoms with Crippen molar-refractivity contribution in [2.45, 2.75) is 57.4 Å². The van der Waals surface area contributed by atoms with Crippen molar-refractivity contribution in [2.24, 2.45) is 5.73 Å². The monoisotopic (exact) mass is 248 g/mol. The molecule has 1 rings (SSSR count). The Morgan fingerprint density at radius 2 is 1.88 bits per heavy atom. The van der Waals surface area contributed by atoms with Crippen LogP contribution in [0.25, 0.3) is 0 Å². The first kappa shape index (κ1) is 14.4. The molecule has 1 saturated heterocycles. The molecule has 0 unspecified atom stereocenters. The van der Waals surface area contributed by atoms with E-state index >= 15 is 0 Å². The number of rotatable bonds is 6. The van der Waals surface area contributed by atoms with Gasteiger partial charge in [0.05, 0.1) is 6.54 Å². The summed E-state index contributed by atoms with van der Waals surface area (Å²) in [5.74, 6) is -3.14. The van der Waals surface area contributed by atoms with Gasteiger partial charge < -0.3 is 5.73 Å². The average Bonchev–Trinajstić information content (AvgIpc) is 2.58. The van der Waals surface area contributed by atoms with Crippen molar-refractivity contribution in [3.8, 4) is 0 Å². The van der Waals surface area contributed by atoms with Gasteiger partial charge >= 0.3 is 0 Å². The van der Waals surface area contributed by atoms with E-state index in [1.807, 2.05) is 13.8 Å². The molecule has 1 aliphatic rings. The van der Waals surface area contributed by atoms with Gasteiger partial charge in [-0.15, -0.1) is 0 Å². The minimum Gasteiger partial charge on any atom is -0.368 e. The number of nitrogens with two attached hydrogens (primary N) is 1. The van der Waals surface area contributed by atoms with Crippen molar-refractivity contribution in [3.63, 3.8) is 0 Å². The summed E-state index contributed by atoms with van der Waals surface area (Å²) in [4.78, 5) is 13.3. The van der Waals surface area contributed by atoms with E-state index in [0.717, 1.165) is 12.8 Å². The van der Waals surface area contributed by atoms with E-state index in [1.54, 1.807) is 4.90 Å². The normalized spacial score (nSPS) is 20.7. The van der Waals surface area contributed by atoms with Crippen LogP contribution in [0.3, 0.4) is 0 Å². The highest BCUT2D eigenvalue weighted by Crippen LogP contribution is 2.36. The number of nitrogens with zero attached hydrogens (tertiary/aromatic N) is 1. The topological polar surface area (TPSA) is 46.3 Å². The van der Waals surface area contributed by atoms with E-state index in [9.17, 15) is 13.6 Å². The minimum absolute atomic E-state index is 0.171. The molecule has 17 heavy (non-hydrogen) atoms. The second-order valence-corrected chi connectivity index (χ2v) is 4.92. The van der Waals surface area contributed by atoms with Gasteiger partial charge in [-0.1, -0.05) is 26.7 Å². The Kier molecular flexibility index (Phi) is 4.47. The van der Waals surface area contributed by atoms with E-state index < -0.39 is 17.4 Å². The molecule has 1 amide bonds. The highest BCUT2D eigenvalue weighted by Gasteiger charge is 2.49. The maximum Gasteiger partial charge on any atom is 0.261 e. The summed E-state index contributed by atoms with van der Waals surface area (Å²) in [7, 11) is 0. The molecule has 100 valence electrons. The molecule has 0 aromatic carbocycles. The molecule has 5 heteroatoms.